The zero-order valence-corrected chi connectivity index (χ0v) is 16.3. The lowest BCUT2D eigenvalue weighted by molar-refractivity contribution is -0.126. The van der Waals surface area contributed by atoms with E-state index in [-0.39, 0.29) is 23.4 Å². The maximum absolute atomic E-state index is 12.7. The molecule has 146 valence electrons. The van der Waals surface area contributed by atoms with Gasteiger partial charge < -0.3 is 14.6 Å². The number of benzene rings is 1. The molecule has 9 heteroatoms. The molecule has 0 spiro atoms. The Morgan fingerprint density at radius 2 is 2.07 bits per heavy atom. The maximum atomic E-state index is 12.7. The van der Waals surface area contributed by atoms with E-state index in [1.54, 1.807) is 18.7 Å². The molecule has 3 rings (SSSR count). The van der Waals surface area contributed by atoms with Crippen molar-refractivity contribution >= 4 is 15.9 Å². The third-order valence-corrected chi connectivity index (χ3v) is 6.42. The molecule has 2 aromatic rings. The number of methoxy groups -OCH3 is 1. The highest BCUT2D eigenvalue weighted by Gasteiger charge is 2.34. The summed E-state index contributed by atoms with van der Waals surface area (Å²) in [4.78, 5) is 16.5. The number of ether oxygens (including phenoxy) is 1. The largest absolute Gasteiger partial charge is 0.497 e. The van der Waals surface area contributed by atoms with Crippen LogP contribution < -0.4 is 10.1 Å². The summed E-state index contributed by atoms with van der Waals surface area (Å²) in [5.41, 5.74) is 0.956. The number of rotatable bonds is 6. The normalized spacial score (nSPS) is 18.2. The molecule has 1 aliphatic heterocycles. The summed E-state index contributed by atoms with van der Waals surface area (Å²) < 4.78 is 33.5. The second-order valence-electron chi connectivity index (χ2n) is 6.65. The molecule has 1 saturated heterocycles. The van der Waals surface area contributed by atoms with Gasteiger partial charge in [0, 0.05) is 32.9 Å². The quantitative estimate of drug-likeness (QED) is 0.796. The Balaban J connectivity index is 1.60. The van der Waals surface area contributed by atoms with E-state index in [2.05, 4.69) is 10.3 Å². The first-order chi connectivity index (χ1) is 12.9. The van der Waals surface area contributed by atoms with E-state index in [4.69, 9.17) is 4.74 Å². The number of aryl methyl sites for hydroxylation is 1. The highest BCUT2D eigenvalue weighted by Crippen LogP contribution is 2.23. The van der Waals surface area contributed by atoms with Gasteiger partial charge in [-0.3, -0.25) is 4.79 Å². The average Bonchev–Trinajstić information content (AvgIpc) is 3.14. The minimum atomic E-state index is -3.67. The van der Waals surface area contributed by atoms with Gasteiger partial charge in [-0.1, -0.05) is 12.1 Å². The van der Waals surface area contributed by atoms with Crippen molar-refractivity contribution in [2.24, 2.45) is 13.0 Å². The van der Waals surface area contributed by atoms with E-state index in [0.717, 1.165) is 11.3 Å². The molecule has 1 aromatic carbocycles. The minimum absolute atomic E-state index is 0.0179. The van der Waals surface area contributed by atoms with Crippen LogP contribution in [0.15, 0.2) is 41.8 Å². The monoisotopic (exact) mass is 392 g/mol. The number of aromatic nitrogens is 2. The third kappa shape index (κ3) is 4.48. The van der Waals surface area contributed by atoms with Crippen molar-refractivity contribution in [2.45, 2.75) is 24.4 Å². The molecular formula is C18H24N4O4S. The number of hydrogen-bond acceptors (Lipinski definition) is 5. The molecule has 1 aliphatic rings. The second kappa shape index (κ2) is 8.10. The van der Waals surface area contributed by atoms with E-state index in [1.165, 1.54) is 16.8 Å². The summed E-state index contributed by atoms with van der Waals surface area (Å²) >= 11 is 0. The van der Waals surface area contributed by atoms with Gasteiger partial charge >= 0.3 is 0 Å². The summed E-state index contributed by atoms with van der Waals surface area (Å²) in [5.74, 6) is 0.259. The highest BCUT2D eigenvalue weighted by molar-refractivity contribution is 7.89. The first-order valence-electron chi connectivity index (χ1n) is 8.79. The maximum Gasteiger partial charge on any atom is 0.262 e. The first-order valence-corrected chi connectivity index (χ1v) is 10.2. The number of piperidine rings is 1. The minimum Gasteiger partial charge on any atom is -0.497 e. The number of hydrogen-bond donors (Lipinski definition) is 1. The zero-order chi connectivity index (χ0) is 19.4. The lowest BCUT2D eigenvalue weighted by Gasteiger charge is -2.30. The molecule has 0 radical (unpaired) electrons. The molecule has 2 heterocycles. The number of imidazole rings is 1. The zero-order valence-electron chi connectivity index (χ0n) is 15.5. The van der Waals surface area contributed by atoms with Crippen LogP contribution in [0, 0.1) is 5.92 Å². The predicted molar refractivity (Wildman–Crippen MR) is 99.5 cm³/mol. The molecule has 1 amide bonds. The summed E-state index contributed by atoms with van der Waals surface area (Å²) in [7, 11) is -0.353. The average molecular weight is 392 g/mol. The van der Waals surface area contributed by atoms with Crippen LogP contribution in [0.2, 0.25) is 0 Å². The van der Waals surface area contributed by atoms with Crippen LogP contribution in [0.3, 0.4) is 0 Å². The second-order valence-corrected chi connectivity index (χ2v) is 8.53. The molecule has 0 unspecified atom stereocenters. The van der Waals surface area contributed by atoms with Gasteiger partial charge in [0.1, 0.15) is 5.75 Å². The van der Waals surface area contributed by atoms with Crippen LogP contribution in [0.25, 0.3) is 0 Å². The van der Waals surface area contributed by atoms with Gasteiger partial charge in [-0.25, -0.2) is 13.4 Å². The van der Waals surface area contributed by atoms with E-state index < -0.39 is 10.0 Å². The van der Waals surface area contributed by atoms with Crippen molar-refractivity contribution < 1.29 is 17.9 Å². The van der Waals surface area contributed by atoms with Crippen molar-refractivity contribution in [1.82, 2.24) is 19.2 Å². The lowest BCUT2D eigenvalue weighted by atomic mass is 9.99. The number of carbonyl (C=O) groups excluding carboxylic acids is 1. The van der Waals surface area contributed by atoms with Crippen LogP contribution in [0.5, 0.6) is 5.75 Å². The Kier molecular flexibility index (Phi) is 5.81. The number of amides is 1. The van der Waals surface area contributed by atoms with E-state index >= 15 is 0 Å². The fourth-order valence-corrected chi connectivity index (χ4v) is 4.60. The SMILES string of the molecule is COc1ccc(CNC(=O)[C@@H]2CCCN(S(=O)(=O)c3cn(C)cn3)C2)cc1. The number of nitrogens with one attached hydrogen (secondary N) is 1. The molecular weight excluding hydrogens is 368 g/mol. The molecule has 1 N–H and O–H groups in total. The molecule has 27 heavy (non-hydrogen) atoms. The molecule has 1 fully saturated rings. The van der Waals surface area contributed by atoms with Gasteiger partial charge in [0.15, 0.2) is 5.03 Å². The Hall–Kier alpha value is -2.39. The molecule has 1 atom stereocenters. The predicted octanol–water partition coefficient (Wildman–Crippen LogP) is 1.15. The van der Waals surface area contributed by atoms with Crippen LogP contribution in [-0.4, -0.2) is 48.4 Å². The molecule has 1 aromatic heterocycles. The number of sulfonamides is 1. The van der Waals surface area contributed by atoms with Gasteiger partial charge in [0.05, 0.1) is 19.4 Å². The van der Waals surface area contributed by atoms with E-state index in [9.17, 15) is 13.2 Å². The fraction of sp³-hybridized carbons (Fsp3) is 0.444. The molecule has 0 aliphatic carbocycles. The van der Waals surface area contributed by atoms with Gasteiger partial charge in [-0.15, -0.1) is 0 Å². The van der Waals surface area contributed by atoms with Crippen molar-refractivity contribution in [2.75, 3.05) is 20.2 Å². The lowest BCUT2D eigenvalue weighted by Crippen LogP contribution is -2.45. The molecule has 0 saturated carbocycles. The fourth-order valence-electron chi connectivity index (χ4n) is 3.11. The van der Waals surface area contributed by atoms with Crippen LogP contribution >= 0.6 is 0 Å². The van der Waals surface area contributed by atoms with Gasteiger partial charge in [0.2, 0.25) is 5.91 Å². The van der Waals surface area contributed by atoms with E-state index in [1.807, 2.05) is 24.3 Å². The van der Waals surface area contributed by atoms with Crippen LogP contribution in [0.1, 0.15) is 18.4 Å². The van der Waals surface area contributed by atoms with Crippen molar-refractivity contribution in [3.63, 3.8) is 0 Å². The summed E-state index contributed by atoms with van der Waals surface area (Å²) in [5, 5.41) is 2.92. The summed E-state index contributed by atoms with van der Waals surface area (Å²) in [6.07, 6.45) is 4.24. The van der Waals surface area contributed by atoms with Crippen molar-refractivity contribution in [3.8, 4) is 5.75 Å². The first kappa shape index (κ1) is 19.4. The molecule has 8 nitrogen and oxygen atoms in total. The van der Waals surface area contributed by atoms with Gasteiger partial charge in [0.25, 0.3) is 10.0 Å². The van der Waals surface area contributed by atoms with Gasteiger partial charge in [-0.2, -0.15) is 4.31 Å². The Morgan fingerprint density at radius 1 is 1.33 bits per heavy atom. The Bertz CT molecular complexity index is 892. The van der Waals surface area contributed by atoms with Crippen molar-refractivity contribution in [1.29, 1.82) is 0 Å². The summed E-state index contributed by atoms with van der Waals surface area (Å²) in [6, 6.07) is 7.45. The Morgan fingerprint density at radius 3 is 2.70 bits per heavy atom. The topological polar surface area (TPSA) is 93.5 Å². The third-order valence-electron chi connectivity index (χ3n) is 4.67. The van der Waals surface area contributed by atoms with Crippen LogP contribution in [0.4, 0.5) is 0 Å². The van der Waals surface area contributed by atoms with Crippen molar-refractivity contribution in [3.05, 3.63) is 42.4 Å². The van der Waals surface area contributed by atoms with Gasteiger partial charge in [-0.05, 0) is 30.5 Å². The number of carbonyl (C=O) groups is 1. The number of nitrogens with zero attached hydrogens (tertiary/aromatic N) is 3. The van der Waals surface area contributed by atoms with E-state index in [0.29, 0.717) is 25.9 Å². The smallest absolute Gasteiger partial charge is 0.262 e. The van der Waals surface area contributed by atoms with Crippen LogP contribution in [-0.2, 0) is 28.4 Å². The highest BCUT2D eigenvalue weighted by atomic mass is 32.2. The Labute approximate surface area is 159 Å². The standard InChI is InChI=1S/C18H24N4O4S/c1-21-12-17(20-13-21)27(24,25)22-9-3-4-15(11-22)18(23)19-10-14-5-7-16(26-2)8-6-14/h5-8,12-13,15H,3-4,9-11H2,1-2H3,(H,19,23)/t15-/m1/s1. The molecule has 0 bridgehead atoms. The summed E-state index contributed by atoms with van der Waals surface area (Å²) in [6.45, 7) is 0.973.